The number of rotatable bonds is 6. The highest BCUT2D eigenvalue weighted by Gasteiger charge is 2.51. The van der Waals surface area contributed by atoms with Crippen LogP contribution < -0.4 is 16.6 Å². The molecule has 1 aromatic carbocycles. The number of fused-ring (bicyclic) bond motifs is 2. The van der Waals surface area contributed by atoms with Crippen molar-refractivity contribution in [1.82, 2.24) is 15.2 Å². The Balaban J connectivity index is 1.56. The normalized spacial score (nSPS) is 26.5. The number of H-pyrrole nitrogens is 1. The predicted molar refractivity (Wildman–Crippen MR) is 137 cm³/mol. The molecular weight excluding hydrogens is 456 g/mol. The number of carbonyl (C=O) groups is 2. The smallest absolute Gasteiger partial charge is 0.261 e. The molecule has 4 atom stereocenters. The van der Waals surface area contributed by atoms with Crippen molar-refractivity contribution in [2.24, 2.45) is 17.6 Å². The van der Waals surface area contributed by atoms with Gasteiger partial charge in [0, 0.05) is 23.7 Å². The molecule has 2 aliphatic carbocycles. The van der Waals surface area contributed by atoms with Crippen molar-refractivity contribution in [1.29, 1.82) is 0 Å². The van der Waals surface area contributed by atoms with Gasteiger partial charge >= 0.3 is 0 Å². The molecule has 2 fully saturated rings. The number of nitrogens with one attached hydrogen (secondary N) is 2. The Bertz CT molecular complexity index is 1270. The second-order valence-electron chi connectivity index (χ2n) is 11.2. The maximum atomic E-state index is 13.0. The van der Waals surface area contributed by atoms with Crippen LogP contribution in [0.15, 0.2) is 29.1 Å². The number of aromatic hydroxyl groups is 1. The van der Waals surface area contributed by atoms with Crippen molar-refractivity contribution in [3.05, 3.63) is 62.6 Å². The zero-order chi connectivity index (χ0) is 25.8. The second-order valence-corrected chi connectivity index (χ2v) is 11.2. The number of pyridine rings is 1. The Morgan fingerprint density at radius 2 is 2.06 bits per heavy atom. The molecular formula is C28H36N4O4. The molecule has 1 aromatic heterocycles. The number of amides is 2. The van der Waals surface area contributed by atoms with E-state index < -0.39 is 23.4 Å². The number of aromatic amines is 1. The van der Waals surface area contributed by atoms with Crippen LogP contribution in [0.25, 0.3) is 0 Å². The number of nitrogens with zero attached hydrogens (tertiary/aromatic N) is 1. The molecule has 0 radical (unpaired) electrons. The van der Waals surface area contributed by atoms with E-state index in [2.05, 4.69) is 29.0 Å². The van der Waals surface area contributed by atoms with Crippen molar-refractivity contribution >= 4 is 11.8 Å². The van der Waals surface area contributed by atoms with Crippen LogP contribution in [0.4, 0.5) is 0 Å². The van der Waals surface area contributed by atoms with E-state index >= 15 is 0 Å². The number of likely N-dealkylation sites (tertiary alicyclic amines) is 1. The number of aryl methyl sites for hydroxylation is 1. The number of hydrogen-bond acceptors (Lipinski definition) is 5. The van der Waals surface area contributed by atoms with Gasteiger partial charge in [-0.25, -0.2) is 0 Å². The summed E-state index contributed by atoms with van der Waals surface area (Å²) in [4.78, 5) is 42.8. The largest absolute Gasteiger partial charge is 0.508 e. The molecule has 5 rings (SSSR count). The number of piperidine rings is 1. The lowest BCUT2D eigenvalue weighted by Gasteiger charge is -2.55. The summed E-state index contributed by atoms with van der Waals surface area (Å²) in [6.07, 6.45) is 4.91. The number of benzene rings is 1. The van der Waals surface area contributed by atoms with E-state index in [0.717, 1.165) is 54.2 Å². The standard InChI is InChI=1S/C28H36N4O4/c1-15-4-7-20(33)12-22(15)28-8-9-32(14-18-5-6-18)17(3)23(28)11-19-10-21(27(36)31-24(19)13-28)26(35)30-16(2)25(29)34/h4,7,10,12,16-18,23,33H,5-6,8-9,11,13-14H2,1-3H3,(H2,29,34)(H,30,35)(H,31,36). The maximum Gasteiger partial charge on any atom is 0.261 e. The zero-order valence-corrected chi connectivity index (χ0v) is 21.3. The minimum absolute atomic E-state index is 0.00110. The van der Waals surface area contributed by atoms with Gasteiger partial charge in [0.25, 0.3) is 11.5 Å². The van der Waals surface area contributed by atoms with E-state index in [1.165, 1.54) is 19.8 Å². The van der Waals surface area contributed by atoms with Crippen LogP contribution in [-0.4, -0.2) is 52.0 Å². The molecule has 0 spiro atoms. The first-order valence-corrected chi connectivity index (χ1v) is 13.0. The van der Waals surface area contributed by atoms with Crippen LogP contribution in [0.5, 0.6) is 5.75 Å². The summed E-state index contributed by atoms with van der Waals surface area (Å²) < 4.78 is 0. The molecule has 1 aliphatic heterocycles. The molecule has 8 nitrogen and oxygen atoms in total. The van der Waals surface area contributed by atoms with Crippen molar-refractivity contribution in [2.75, 3.05) is 13.1 Å². The fourth-order valence-electron chi connectivity index (χ4n) is 6.52. The SMILES string of the molecule is Cc1ccc(O)cc1C12CCN(CC3CC3)C(C)C1Cc1cc(C(=O)NC(C)C(N)=O)c(=O)[nH]c1C2. The highest BCUT2D eigenvalue weighted by Crippen LogP contribution is 2.51. The van der Waals surface area contributed by atoms with E-state index in [-0.39, 0.29) is 22.6 Å². The van der Waals surface area contributed by atoms with Gasteiger partial charge in [0.1, 0.15) is 17.4 Å². The number of carbonyl (C=O) groups excluding carboxylic acids is 2. The lowest BCUT2D eigenvalue weighted by molar-refractivity contribution is -0.119. The van der Waals surface area contributed by atoms with Gasteiger partial charge in [0.15, 0.2) is 0 Å². The average Bonchev–Trinajstić information content (AvgIpc) is 3.65. The Labute approximate surface area is 211 Å². The topological polar surface area (TPSA) is 129 Å². The second kappa shape index (κ2) is 9.07. The van der Waals surface area contributed by atoms with Gasteiger partial charge in [-0.05, 0) is 106 Å². The van der Waals surface area contributed by atoms with E-state index in [1.54, 1.807) is 12.1 Å². The highest BCUT2D eigenvalue weighted by atomic mass is 16.3. The molecule has 2 aromatic rings. The summed E-state index contributed by atoms with van der Waals surface area (Å²) in [6.45, 7) is 7.99. The number of hydrogen-bond donors (Lipinski definition) is 4. The number of aromatic nitrogens is 1. The van der Waals surface area contributed by atoms with Gasteiger partial charge in [0.2, 0.25) is 5.91 Å². The molecule has 1 saturated carbocycles. The monoisotopic (exact) mass is 492 g/mol. The van der Waals surface area contributed by atoms with E-state index in [1.807, 2.05) is 12.1 Å². The molecule has 36 heavy (non-hydrogen) atoms. The van der Waals surface area contributed by atoms with Gasteiger partial charge in [-0.1, -0.05) is 6.07 Å². The first-order valence-electron chi connectivity index (χ1n) is 13.0. The number of nitrogens with two attached hydrogens (primary N) is 1. The molecule has 1 saturated heterocycles. The molecule has 2 heterocycles. The van der Waals surface area contributed by atoms with Gasteiger partial charge in [0.05, 0.1) is 0 Å². The highest BCUT2D eigenvalue weighted by molar-refractivity contribution is 5.97. The molecule has 5 N–H and O–H groups in total. The fourth-order valence-corrected chi connectivity index (χ4v) is 6.52. The van der Waals surface area contributed by atoms with Gasteiger partial charge < -0.3 is 26.0 Å². The summed E-state index contributed by atoms with van der Waals surface area (Å²) in [5.41, 5.74) is 8.69. The van der Waals surface area contributed by atoms with Crippen LogP contribution in [0.1, 0.15) is 65.9 Å². The summed E-state index contributed by atoms with van der Waals surface area (Å²) in [5.74, 6) is 0.0436. The van der Waals surface area contributed by atoms with E-state index in [0.29, 0.717) is 12.5 Å². The van der Waals surface area contributed by atoms with E-state index in [9.17, 15) is 19.5 Å². The van der Waals surface area contributed by atoms with Crippen LogP contribution in [0.2, 0.25) is 0 Å². The summed E-state index contributed by atoms with van der Waals surface area (Å²) in [5, 5.41) is 12.9. The predicted octanol–water partition coefficient (Wildman–Crippen LogP) is 2.15. The first-order chi connectivity index (χ1) is 17.1. The fraction of sp³-hybridized carbons (Fsp3) is 0.536. The van der Waals surface area contributed by atoms with Crippen LogP contribution in [-0.2, 0) is 23.1 Å². The lowest BCUT2D eigenvalue weighted by atomic mass is 9.55. The van der Waals surface area contributed by atoms with E-state index in [4.69, 9.17) is 5.73 Å². The number of primary amides is 1. The molecule has 2 amide bonds. The first kappa shape index (κ1) is 24.6. The molecule has 192 valence electrons. The Hall–Kier alpha value is -3.13. The molecule has 8 heteroatoms. The number of phenols is 1. The third-order valence-corrected chi connectivity index (χ3v) is 8.83. The van der Waals surface area contributed by atoms with Gasteiger partial charge in [-0.15, -0.1) is 0 Å². The lowest BCUT2D eigenvalue weighted by Crippen LogP contribution is -2.59. The summed E-state index contributed by atoms with van der Waals surface area (Å²) in [7, 11) is 0. The van der Waals surface area contributed by atoms with Crippen LogP contribution in [0.3, 0.4) is 0 Å². The van der Waals surface area contributed by atoms with Crippen molar-refractivity contribution in [3.63, 3.8) is 0 Å². The van der Waals surface area contributed by atoms with Crippen molar-refractivity contribution in [3.8, 4) is 5.75 Å². The Kier molecular flexibility index (Phi) is 6.19. The minimum atomic E-state index is -0.872. The van der Waals surface area contributed by atoms with Gasteiger partial charge in [-0.3, -0.25) is 14.4 Å². The zero-order valence-electron chi connectivity index (χ0n) is 21.3. The quantitative estimate of drug-likeness (QED) is 0.491. The Morgan fingerprint density at radius 3 is 2.75 bits per heavy atom. The number of phenolic OH excluding ortho intramolecular Hbond substituents is 1. The third kappa shape index (κ3) is 4.32. The average molecular weight is 493 g/mol. The third-order valence-electron chi connectivity index (χ3n) is 8.83. The van der Waals surface area contributed by atoms with Gasteiger partial charge in [-0.2, -0.15) is 0 Å². The summed E-state index contributed by atoms with van der Waals surface area (Å²) in [6, 6.07) is 6.75. The summed E-state index contributed by atoms with van der Waals surface area (Å²) >= 11 is 0. The molecule has 0 bridgehead atoms. The van der Waals surface area contributed by atoms with Crippen LogP contribution >= 0.6 is 0 Å². The minimum Gasteiger partial charge on any atom is -0.508 e. The maximum absolute atomic E-state index is 13.0. The molecule has 3 aliphatic rings. The Morgan fingerprint density at radius 1 is 1.31 bits per heavy atom. The molecule has 4 unspecified atom stereocenters. The van der Waals surface area contributed by atoms with Crippen molar-refractivity contribution in [2.45, 2.75) is 70.4 Å². The van der Waals surface area contributed by atoms with Crippen LogP contribution in [0, 0.1) is 18.8 Å². The van der Waals surface area contributed by atoms with Crippen molar-refractivity contribution < 1.29 is 14.7 Å².